The maximum absolute atomic E-state index is 11.5. The van der Waals surface area contributed by atoms with Crippen molar-refractivity contribution in [2.24, 2.45) is 0 Å². The minimum absolute atomic E-state index is 0.221. The number of methoxy groups -OCH3 is 1. The van der Waals surface area contributed by atoms with Gasteiger partial charge in [0.25, 0.3) is 0 Å². The Morgan fingerprint density at radius 1 is 1.42 bits per heavy atom. The number of nitrogens with zero attached hydrogens (tertiary/aromatic N) is 2. The molecule has 0 aliphatic carbocycles. The highest BCUT2D eigenvalue weighted by Crippen LogP contribution is 2.40. The Balaban J connectivity index is 1.41. The number of carbonyl (C=O) groups is 1. The average molecular weight is 331 g/mol. The molecule has 2 aromatic heterocycles. The maximum atomic E-state index is 11.5. The summed E-state index contributed by atoms with van der Waals surface area (Å²) in [6.45, 7) is 3.26. The molecular weight excluding hydrogens is 310 g/mol. The Bertz CT molecular complexity index is 728. The lowest BCUT2D eigenvalue weighted by molar-refractivity contribution is -0.102. The Morgan fingerprint density at radius 3 is 3.04 bits per heavy atom. The quantitative estimate of drug-likeness (QED) is 0.865. The van der Waals surface area contributed by atoms with Crippen molar-refractivity contribution in [3.05, 3.63) is 41.1 Å². The van der Waals surface area contributed by atoms with Crippen LogP contribution in [0.2, 0.25) is 0 Å². The summed E-state index contributed by atoms with van der Waals surface area (Å²) < 4.78 is 16.4. The van der Waals surface area contributed by atoms with E-state index in [0.717, 1.165) is 50.4 Å². The Labute approximate surface area is 139 Å². The maximum Gasteiger partial charge on any atom is 0.373 e. The first-order valence-electron chi connectivity index (χ1n) is 8.26. The summed E-state index contributed by atoms with van der Waals surface area (Å²) in [5, 5.41) is 7.33. The van der Waals surface area contributed by atoms with Crippen LogP contribution in [-0.4, -0.2) is 47.9 Å². The highest BCUT2D eigenvalue weighted by Gasteiger charge is 2.42. The van der Waals surface area contributed by atoms with Crippen molar-refractivity contribution in [3.63, 3.8) is 0 Å². The van der Waals surface area contributed by atoms with E-state index in [1.807, 2.05) is 12.3 Å². The highest BCUT2D eigenvalue weighted by atomic mass is 16.5. The standard InChI is InChI=1S/C17H21N3O4/c1-22-16(21)14-3-2-13(24-14)11-20-7-5-17(6-8-20)15-12(4-9-23-17)10-18-19-15/h2-3,10H,4-9,11H2,1H3,(H,18,19). The van der Waals surface area contributed by atoms with Crippen molar-refractivity contribution >= 4 is 5.97 Å². The molecule has 0 radical (unpaired) electrons. The minimum atomic E-state index is -0.443. The smallest absolute Gasteiger partial charge is 0.373 e. The van der Waals surface area contributed by atoms with Crippen molar-refractivity contribution in [2.45, 2.75) is 31.4 Å². The van der Waals surface area contributed by atoms with E-state index in [4.69, 9.17) is 9.15 Å². The second-order valence-corrected chi connectivity index (χ2v) is 6.40. The predicted molar refractivity (Wildman–Crippen MR) is 84.5 cm³/mol. The first-order chi connectivity index (χ1) is 11.7. The lowest BCUT2D eigenvalue weighted by atomic mass is 9.84. The molecule has 128 valence electrons. The van der Waals surface area contributed by atoms with Crippen LogP contribution in [0.25, 0.3) is 0 Å². The second-order valence-electron chi connectivity index (χ2n) is 6.40. The van der Waals surface area contributed by atoms with Crippen LogP contribution < -0.4 is 0 Å². The SMILES string of the molecule is COC(=O)c1ccc(CN2CCC3(CC2)OCCc2cn[nH]c23)o1. The molecular formula is C17H21N3O4. The minimum Gasteiger partial charge on any atom is -0.463 e. The summed E-state index contributed by atoms with van der Waals surface area (Å²) in [5.74, 6) is 0.582. The zero-order valence-electron chi connectivity index (χ0n) is 13.7. The molecule has 4 heterocycles. The fraction of sp³-hybridized carbons (Fsp3) is 0.529. The number of rotatable bonds is 3. The number of fused-ring (bicyclic) bond motifs is 2. The molecule has 1 N–H and O–H groups in total. The van der Waals surface area contributed by atoms with E-state index < -0.39 is 5.97 Å². The van der Waals surface area contributed by atoms with Gasteiger partial charge in [-0.15, -0.1) is 0 Å². The molecule has 0 bridgehead atoms. The zero-order chi connectivity index (χ0) is 16.6. The summed E-state index contributed by atoms with van der Waals surface area (Å²) in [7, 11) is 1.35. The van der Waals surface area contributed by atoms with Gasteiger partial charge in [0.05, 0.1) is 32.2 Å². The predicted octanol–water partition coefficient (Wildman–Crippen LogP) is 1.85. The molecule has 0 saturated carbocycles. The molecule has 2 aliphatic heterocycles. The molecule has 0 unspecified atom stereocenters. The van der Waals surface area contributed by atoms with Crippen molar-refractivity contribution in [1.82, 2.24) is 15.1 Å². The van der Waals surface area contributed by atoms with Crippen molar-refractivity contribution < 1.29 is 18.7 Å². The zero-order valence-corrected chi connectivity index (χ0v) is 13.7. The van der Waals surface area contributed by atoms with Gasteiger partial charge in [0, 0.05) is 13.1 Å². The second kappa shape index (κ2) is 6.07. The number of piperidine rings is 1. The van der Waals surface area contributed by atoms with Crippen molar-refractivity contribution in [2.75, 3.05) is 26.8 Å². The van der Waals surface area contributed by atoms with E-state index in [0.29, 0.717) is 6.54 Å². The number of hydrogen-bond donors (Lipinski definition) is 1. The first-order valence-corrected chi connectivity index (χ1v) is 8.26. The third-order valence-electron chi connectivity index (χ3n) is 5.01. The summed E-state index contributed by atoms with van der Waals surface area (Å²) in [6.07, 6.45) is 4.70. The molecule has 0 amide bonds. The molecule has 7 heteroatoms. The Kier molecular flexibility index (Phi) is 3.90. The van der Waals surface area contributed by atoms with Gasteiger partial charge in [0.15, 0.2) is 0 Å². The van der Waals surface area contributed by atoms with E-state index in [1.165, 1.54) is 12.7 Å². The summed E-state index contributed by atoms with van der Waals surface area (Å²) in [4.78, 5) is 13.8. The molecule has 0 atom stereocenters. The van der Waals surface area contributed by atoms with Gasteiger partial charge in [-0.05, 0) is 37.0 Å². The number of carbonyl (C=O) groups excluding carboxylic acids is 1. The van der Waals surface area contributed by atoms with Gasteiger partial charge in [-0.2, -0.15) is 5.10 Å². The number of aromatic nitrogens is 2. The molecule has 2 aromatic rings. The fourth-order valence-electron chi connectivity index (χ4n) is 3.68. The lowest BCUT2D eigenvalue weighted by Crippen LogP contribution is -2.46. The van der Waals surface area contributed by atoms with Gasteiger partial charge in [-0.25, -0.2) is 4.79 Å². The Morgan fingerprint density at radius 2 is 2.25 bits per heavy atom. The molecule has 0 aromatic carbocycles. The van der Waals surface area contributed by atoms with Crippen LogP contribution in [0.3, 0.4) is 0 Å². The number of ether oxygens (including phenoxy) is 2. The molecule has 24 heavy (non-hydrogen) atoms. The monoisotopic (exact) mass is 331 g/mol. The van der Waals surface area contributed by atoms with E-state index in [9.17, 15) is 4.79 Å². The largest absolute Gasteiger partial charge is 0.463 e. The van der Waals surface area contributed by atoms with E-state index in [2.05, 4.69) is 19.8 Å². The van der Waals surface area contributed by atoms with Gasteiger partial charge >= 0.3 is 5.97 Å². The molecule has 1 saturated heterocycles. The van der Waals surface area contributed by atoms with Gasteiger partial charge < -0.3 is 13.9 Å². The van der Waals surface area contributed by atoms with Crippen LogP contribution in [0, 0.1) is 0 Å². The lowest BCUT2D eigenvalue weighted by Gasteiger charge is -2.43. The summed E-state index contributed by atoms with van der Waals surface area (Å²) in [5.41, 5.74) is 2.21. The van der Waals surface area contributed by atoms with Crippen LogP contribution >= 0.6 is 0 Å². The molecule has 1 spiro atoms. The van der Waals surface area contributed by atoms with E-state index in [-0.39, 0.29) is 11.4 Å². The van der Waals surface area contributed by atoms with Gasteiger partial charge in [0.1, 0.15) is 11.4 Å². The normalized spacial score (nSPS) is 20.0. The number of H-pyrrole nitrogens is 1. The average Bonchev–Trinajstić information content (AvgIpc) is 3.26. The van der Waals surface area contributed by atoms with Gasteiger partial charge in [-0.1, -0.05) is 0 Å². The number of aromatic amines is 1. The number of esters is 1. The highest BCUT2D eigenvalue weighted by molar-refractivity contribution is 5.86. The third kappa shape index (κ3) is 2.63. The number of nitrogens with one attached hydrogen (secondary N) is 1. The van der Waals surface area contributed by atoms with E-state index in [1.54, 1.807) is 6.07 Å². The summed E-state index contributed by atoms with van der Waals surface area (Å²) >= 11 is 0. The number of hydrogen-bond acceptors (Lipinski definition) is 6. The Hall–Kier alpha value is -2.12. The van der Waals surface area contributed by atoms with Crippen LogP contribution in [0.4, 0.5) is 0 Å². The molecule has 1 fully saturated rings. The fourth-order valence-corrected chi connectivity index (χ4v) is 3.68. The first kappa shape index (κ1) is 15.4. The topological polar surface area (TPSA) is 80.6 Å². The molecule has 7 nitrogen and oxygen atoms in total. The van der Waals surface area contributed by atoms with Gasteiger partial charge in [0.2, 0.25) is 5.76 Å². The number of likely N-dealkylation sites (tertiary alicyclic amines) is 1. The van der Waals surface area contributed by atoms with Crippen LogP contribution in [-0.2, 0) is 28.0 Å². The van der Waals surface area contributed by atoms with Crippen LogP contribution in [0.15, 0.2) is 22.7 Å². The third-order valence-corrected chi connectivity index (χ3v) is 5.01. The summed E-state index contributed by atoms with van der Waals surface area (Å²) in [6, 6.07) is 3.49. The van der Waals surface area contributed by atoms with Gasteiger partial charge in [-0.3, -0.25) is 10.00 Å². The van der Waals surface area contributed by atoms with Crippen LogP contribution in [0.1, 0.15) is 40.4 Å². The molecule has 2 aliphatic rings. The molecule has 4 rings (SSSR count). The van der Waals surface area contributed by atoms with E-state index >= 15 is 0 Å². The van der Waals surface area contributed by atoms with Crippen molar-refractivity contribution in [1.29, 1.82) is 0 Å². The van der Waals surface area contributed by atoms with Crippen molar-refractivity contribution in [3.8, 4) is 0 Å². The van der Waals surface area contributed by atoms with Crippen LogP contribution in [0.5, 0.6) is 0 Å². The number of furan rings is 1.